The fraction of sp³-hybridized carbons (Fsp3) is 0.353. The maximum absolute atomic E-state index is 12.3. The van der Waals surface area contributed by atoms with E-state index in [0.29, 0.717) is 28.1 Å². The standard InChI is InChI=1S/C17H20ClNO3S/c1-12(2)8-9-19-17(20)16-7-6-14(22-16)11-23(21)15-5-3-4-13(18)10-15/h3-7,10,12H,8-9,11H2,1-2H3,(H,19,20)/t23-/m1/s1. The third-order valence-corrected chi connectivity index (χ3v) is 4.79. The number of benzene rings is 1. The molecular formula is C17H20ClNO3S. The van der Waals surface area contributed by atoms with Gasteiger partial charge in [0.15, 0.2) is 5.76 Å². The van der Waals surface area contributed by atoms with Gasteiger partial charge >= 0.3 is 0 Å². The lowest BCUT2D eigenvalue weighted by molar-refractivity contribution is 0.0923. The normalized spacial score (nSPS) is 12.3. The average Bonchev–Trinajstić information content (AvgIpc) is 2.95. The van der Waals surface area contributed by atoms with Crippen LogP contribution in [-0.2, 0) is 16.6 Å². The molecule has 0 saturated carbocycles. The van der Waals surface area contributed by atoms with Crippen molar-refractivity contribution in [3.63, 3.8) is 0 Å². The summed E-state index contributed by atoms with van der Waals surface area (Å²) in [6.07, 6.45) is 0.915. The van der Waals surface area contributed by atoms with Gasteiger partial charge in [-0.2, -0.15) is 0 Å². The molecule has 0 saturated heterocycles. The fourth-order valence-electron chi connectivity index (χ4n) is 1.96. The molecule has 1 aromatic carbocycles. The highest BCUT2D eigenvalue weighted by Crippen LogP contribution is 2.18. The van der Waals surface area contributed by atoms with Crippen LogP contribution >= 0.6 is 11.6 Å². The number of hydrogen-bond acceptors (Lipinski definition) is 3. The van der Waals surface area contributed by atoms with Crippen LogP contribution in [0.1, 0.15) is 36.6 Å². The zero-order valence-corrected chi connectivity index (χ0v) is 14.7. The molecule has 1 heterocycles. The number of furan rings is 1. The third-order valence-electron chi connectivity index (χ3n) is 3.23. The lowest BCUT2D eigenvalue weighted by Crippen LogP contribution is -2.24. The minimum atomic E-state index is -1.27. The smallest absolute Gasteiger partial charge is 0.286 e. The molecule has 0 bridgehead atoms. The first-order chi connectivity index (χ1) is 11.0. The molecule has 4 nitrogen and oxygen atoms in total. The van der Waals surface area contributed by atoms with E-state index in [1.165, 1.54) is 0 Å². The molecule has 1 amide bonds. The number of carbonyl (C=O) groups excluding carboxylic acids is 1. The predicted octanol–water partition coefficient (Wildman–Crippen LogP) is 4.02. The highest BCUT2D eigenvalue weighted by molar-refractivity contribution is 7.84. The first-order valence-corrected chi connectivity index (χ1v) is 9.16. The Morgan fingerprint density at radius 1 is 1.30 bits per heavy atom. The number of rotatable bonds is 7. The van der Waals surface area contributed by atoms with Crippen LogP contribution in [0.5, 0.6) is 0 Å². The molecule has 6 heteroatoms. The van der Waals surface area contributed by atoms with Crippen LogP contribution in [0.4, 0.5) is 0 Å². The van der Waals surface area contributed by atoms with E-state index in [-0.39, 0.29) is 17.4 Å². The first-order valence-electron chi connectivity index (χ1n) is 7.46. The van der Waals surface area contributed by atoms with Crippen LogP contribution in [0.3, 0.4) is 0 Å². The Kier molecular flexibility index (Phi) is 6.42. The van der Waals surface area contributed by atoms with Crippen molar-refractivity contribution >= 4 is 28.3 Å². The number of halogens is 1. The van der Waals surface area contributed by atoms with Crippen molar-refractivity contribution in [2.45, 2.75) is 30.9 Å². The van der Waals surface area contributed by atoms with Crippen molar-refractivity contribution in [3.8, 4) is 0 Å². The van der Waals surface area contributed by atoms with Crippen molar-refractivity contribution in [2.24, 2.45) is 5.92 Å². The number of amides is 1. The van der Waals surface area contributed by atoms with Gasteiger partial charge in [0.1, 0.15) is 5.76 Å². The molecule has 0 unspecified atom stereocenters. The SMILES string of the molecule is CC(C)CCNC(=O)c1ccc(C[S@@](=O)c2cccc(Cl)c2)o1. The molecule has 0 aliphatic heterocycles. The molecule has 0 aliphatic carbocycles. The predicted molar refractivity (Wildman–Crippen MR) is 92.1 cm³/mol. The Balaban J connectivity index is 1.94. The molecule has 2 rings (SSSR count). The molecule has 124 valence electrons. The van der Waals surface area contributed by atoms with Crippen LogP contribution < -0.4 is 5.32 Å². The fourth-order valence-corrected chi connectivity index (χ4v) is 3.28. The van der Waals surface area contributed by atoms with E-state index in [2.05, 4.69) is 19.2 Å². The van der Waals surface area contributed by atoms with Gasteiger partial charge in [-0.05, 0) is 42.7 Å². The number of nitrogens with one attached hydrogen (secondary N) is 1. The van der Waals surface area contributed by atoms with E-state index in [0.717, 1.165) is 6.42 Å². The van der Waals surface area contributed by atoms with Crippen LogP contribution in [0.2, 0.25) is 5.02 Å². The van der Waals surface area contributed by atoms with Gasteiger partial charge in [-0.25, -0.2) is 0 Å². The van der Waals surface area contributed by atoms with Gasteiger partial charge in [0, 0.05) is 16.5 Å². The first kappa shape index (κ1) is 17.8. The van der Waals surface area contributed by atoms with E-state index in [1.54, 1.807) is 36.4 Å². The van der Waals surface area contributed by atoms with Crippen molar-refractivity contribution in [3.05, 3.63) is 52.9 Å². The summed E-state index contributed by atoms with van der Waals surface area (Å²) >= 11 is 5.90. The van der Waals surface area contributed by atoms with Gasteiger partial charge in [-0.15, -0.1) is 0 Å². The third kappa shape index (κ3) is 5.52. The monoisotopic (exact) mass is 353 g/mol. The minimum absolute atomic E-state index is 0.208. The van der Waals surface area contributed by atoms with Crippen LogP contribution in [-0.4, -0.2) is 16.7 Å². The van der Waals surface area contributed by atoms with E-state index in [1.807, 2.05) is 0 Å². The van der Waals surface area contributed by atoms with Crippen molar-refractivity contribution in [1.29, 1.82) is 0 Å². The molecular weight excluding hydrogens is 334 g/mol. The summed E-state index contributed by atoms with van der Waals surface area (Å²) in [6, 6.07) is 10.2. The van der Waals surface area contributed by atoms with Gasteiger partial charge in [-0.3, -0.25) is 9.00 Å². The molecule has 1 N–H and O–H groups in total. The van der Waals surface area contributed by atoms with Gasteiger partial charge in [-0.1, -0.05) is 31.5 Å². The van der Waals surface area contributed by atoms with Gasteiger partial charge in [0.25, 0.3) is 5.91 Å². The summed E-state index contributed by atoms with van der Waals surface area (Å²) in [5.41, 5.74) is 0. The summed E-state index contributed by atoms with van der Waals surface area (Å²) in [7, 11) is -1.27. The largest absolute Gasteiger partial charge is 0.455 e. The average molecular weight is 354 g/mol. The maximum Gasteiger partial charge on any atom is 0.286 e. The number of carbonyl (C=O) groups is 1. The maximum atomic E-state index is 12.3. The van der Waals surface area contributed by atoms with Crippen molar-refractivity contribution in [2.75, 3.05) is 6.54 Å². The Bertz CT molecular complexity index is 697. The molecule has 0 fully saturated rings. The lowest BCUT2D eigenvalue weighted by Gasteiger charge is -2.05. The summed E-state index contributed by atoms with van der Waals surface area (Å²) in [5.74, 6) is 1.25. The van der Waals surface area contributed by atoms with E-state index in [9.17, 15) is 9.00 Å². The Labute approximate surface area is 143 Å². The van der Waals surface area contributed by atoms with Crippen molar-refractivity contribution in [1.82, 2.24) is 5.32 Å². The summed E-state index contributed by atoms with van der Waals surface area (Å²) in [6.45, 7) is 4.81. The quantitative estimate of drug-likeness (QED) is 0.817. The Morgan fingerprint density at radius 2 is 2.09 bits per heavy atom. The molecule has 0 aliphatic rings. The highest BCUT2D eigenvalue weighted by Gasteiger charge is 2.13. The molecule has 23 heavy (non-hydrogen) atoms. The molecule has 1 aromatic heterocycles. The van der Waals surface area contributed by atoms with Crippen LogP contribution in [0.15, 0.2) is 45.7 Å². The zero-order valence-electron chi connectivity index (χ0n) is 13.2. The molecule has 0 radical (unpaired) electrons. The molecule has 0 spiro atoms. The van der Waals surface area contributed by atoms with Gasteiger partial charge < -0.3 is 9.73 Å². The second-order valence-corrected chi connectivity index (χ2v) is 7.54. The minimum Gasteiger partial charge on any atom is -0.455 e. The summed E-state index contributed by atoms with van der Waals surface area (Å²) in [4.78, 5) is 12.6. The van der Waals surface area contributed by atoms with E-state index < -0.39 is 10.8 Å². The highest BCUT2D eigenvalue weighted by atomic mass is 35.5. The van der Waals surface area contributed by atoms with Gasteiger partial charge in [0.2, 0.25) is 0 Å². The summed E-state index contributed by atoms with van der Waals surface area (Å²) in [5, 5.41) is 3.35. The topological polar surface area (TPSA) is 59.3 Å². The molecule has 2 aromatic rings. The Morgan fingerprint density at radius 3 is 2.78 bits per heavy atom. The van der Waals surface area contributed by atoms with Crippen molar-refractivity contribution < 1.29 is 13.4 Å². The Hall–Kier alpha value is -1.59. The van der Waals surface area contributed by atoms with E-state index >= 15 is 0 Å². The zero-order chi connectivity index (χ0) is 16.8. The van der Waals surface area contributed by atoms with Gasteiger partial charge in [0.05, 0.1) is 16.6 Å². The number of hydrogen-bond donors (Lipinski definition) is 1. The second-order valence-electron chi connectivity index (χ2n) is 5.65. The molecule has 1 atom stereocenters. The van der Waals surface area contributed by atoms with Crippen LogP contribution in [0.25, 0.3) is 0 Å². The lowest BCUT2D eigenvalue weighted by atomic mass is 10.1. The van der Waals surface area contributed by atoms with E-state index in [4.69, 9.17) is 16.0 Å². The second kappa shape index (κ2) is 8.31. The summed E-state index contributed by atoms with van der Waals surface area (Å²) < 4.78 is 17.8. The van der Waals surface area contributed by atoms with Crippen LogP contribution in [0, 0.1) is 5.92 Å².